The summed E-state index contributed by atoms with van der Waals surface area (Å²) in [7, 11) is 1.58. The smallest absolute Gasteiger partial charge is 0.305 e. The monoisotopic (exact) mass is 237 g/mol. The van der Waals surface area contributed by atoms with Gasteiger partial charge in [-0.2, -0.15) is 0 Å². The fourth-order valence-corrected chi connectivity index (χ4v) is 1.51. The molecule has 0 saturated carbocycles. The maximum atomic E-state index is 12.2. The van der Waals surface area contributed by atoms with Gasteiger partial charge in [-0.05, 0) is 0 Å². The Morgan fingerprint density at radius 2 is 2.27 bits per heavy atom. The molecule has 0 spiro atoms. The van der Waals surface area contributed by atoms with Gasteiger partial charge in [-0.3, -0.25) is 4.79 Å². The second-order valence-corrected chi connectivity index (χ2v) is 3.78. The third-order valence-corrected chi connectivity index (χ3v) is 2.65. The number of carbonyl (C=O) groups is 1. The van der Waals surface area contributed by atoms with Crippen LogP contribution in [0.4, 0.5) is 13.9 Å². The molecule has 0 unspecified atom stereocenters. The Hall–Kier alpha value is -1.31. The van der Waals surface area contributed by atoms with Gasteiger partial charge in [-0.15, -0.1) is 10.2 Å². The molecule has 1 N–H and O–H groups in total. The van der Waals surface area contributed by atoms with Gasteiger partial charge in [-0.1, -0.05) is 11.3 Å². The van der Waals surface area contributed by atoms with E-state index >= 15 is 0 Å². The molecule has 5 nitrogen and oxygen atoms in total. The molecule has 0 atom stereocenters. The maximum Gasteiger partial charge on any atom is 0.305 e. The average Bonchev–Trinajstić information content (AvgIpc) is 2.62. The highest BCUT2D eigenvalue weighted by atomic mass is 32.1. The van der Waals surface area contributed by atoms with Gasteiger partial charge in [0.25, 0.3) is 6.43 Å². The molecule has 1 aromatic heterocycles. The first-order valence-electron chi connectivity index (χ1n) is 4.05. The van der Waals surface area contributed by atoms with Crippen molar-refractivity contribution >= 4 is 22.4 Å². The zero-order valence-corrected chi connectivity index (χ0v) is 8.67. The van der Waals surface area contributed by atoms with Crippen LogP contribution < -0.4 is 4.90 Å². The molecule has 0 fully saturated rings. The van der Waals surface area contributed by atoms with E-state index in [9.17, 15) is 13.6 Å². The van der Waals surface area contributed by atoms with Crippen LogP contribution >= 0.6 is 11.3 Å². The van der Waals surface area contributed by atoms with Crippen LogP contribution in [-0.2, 0) is 4.79 Å². The average molecular weight is 237 g/mol. The van der Waals surface area contributed by atoms with Crippen molar-refractivity contribution < 1.29 is 18.7 Å². The highest BCUT2D eigenvalue weighted by Crippen LogP contribution is 2.26. The van der Waals surface area contributed by atoms with Gasteiger partial charge in [0.1, 0.15) is 0 Å². The zero-order valence-electron chi connectivity index (χ0n) is 7.85. The minimum atomic E-state index is -2.64. The van der Waals surface area contributed by atoms with E-state index in [1.54, 1.807) is 7.05 Å². The summed E-state index contributed by atoms with van der Waals surface area (Å²) in [6, 6.07) is 0. The topological polar surface area (TPSA) is 66.3 Å². The second-order valence-electron chi connectivity index (χ2n) is 2.79. The number of nitrogens with zero attached hydrogens (tertiary/aromatic N) is 3. The Labute approximate surface area is 88.4 Å². The number of anilines is 1. The lowest BCUT2D eigenvalue weighted by molar-refractivity contribution is -0.136. The van der Waals surface area contributed by atoms with Gasteiger partial charge >= 0.3 is 5.97 Å². The minimum absolute atomic E-state index is 0.0694. The van der Waals surface area contributed by atoms with E-state index < -0.39 is 12.4 Å². The zero-order chi connectivity index (χ0) is 11.4. The highest BCUT2D eigenvalue weighted by molar-refractivity contribution is 7.15. The number of carboxylic acids is 1. The van der Waals surface area contributed by atoms with Crippen molar-refractivity contribution in [2.45, 2.75) is 12.8 Å². The first-order chi connectivity index (χ1) is 7.00. The number of hydrogen-bond acceptors (Lipinski definition) is 5. The Kier molecular flexibility index (Phi) is 3.89. The predicted molar refractivity (Wildman–Crippen MR) is 50.4 cm³/mol. The van der Waals surface area contributed by atoms with Crippen LogP contribution in [0.2, 0.25) is 0 Å². The number of rotatable bonds is 5. The highest BCUT2D eigenvalue weighted by Gasteiger charge is 2.16. The molecule has 1 rings (SSSR count). The van der Waals surface area contributed by atoms with Crippen molar-refractivity contribution in [1.29, 1.82) is 0 Å². The van der Waals surface area contributed by atoms with Crippen LogP contribution in [0.5, 0.6) is 0 Å². The fraction of sp³-hybridized carbons (Fsp3) is 0.571. The van der Waals surface area contributed by atoms with Gasteiger partial charge in [0.15, 0.2) is 5.01 Å². The Bertz CT molecular complexity index is 345. The van der Waals surface area contributed by atoms with E-state index in [1.165, 1.54) is 4.90 Å². The maximum absolute atomic E-state index is 12.2. The van der Waals surface area contributed by atoms with Crippen molar-refractivity contribution in [2.75, 3.05) is 18.5 Å². The number of alkyl halides is 2. The van der Waals surface area contributed by atoms with E-state index in [4.69, 9.17) is 5.11 Å². The molecule has 1 heterocycles. The van der Waals surface area contributed by atoms with Gasteiger partial charge < -0.3 is 10.0 Å². The third-order valence-electron chi connectivity index (χ3n) is 1.60. The summed E-state index contributed by atoms with van der Waals surface area (Å²) in [6.45, 7) is 0.215. The summed E-state index contributed by atoms with van der Waals surface area (Å²) in [6.07, 6.45) is -2.70. The molecule has 0 radical (unpaired) electrons. The molecule has 0 bridgehead atoms. The number of aliphatic carboxylic acids is 1. The third kappa shape index (κ3) is 3.39. The summed E-state index contributed by atoms with van der Waals surface area (Å²) in [5.41, 5.74) is 0. The molecule has 1 aromatic rings. The first kappa shape index (κ1) is 11.8. The molecular weight excluding hydrogens is 228 g/mol. The lowest BCUT2D eigenvalue weighted by atomic mass is 10.4. The van der Waals surface area contributed by atoms with Crippen LogP contribution in [0, 0.1) is 0 Å². The van der Waals surface area contributed by atoms with E-state index in [0.717, 1.165) is 11.3 Å². The van der Waals surface area contributed by atoms with E-state index in [0.29, 0.717) is 5.13 Å². The lowest BCUT2D eigenvalue weighted by Gasteiger charge is -2.12. The molecule has 0 amide bonds. The SMILES string of the molecule is CN(CCC(=O)O)c1nnc(C(F)F)s1. The van der Waals surface area contributed by atoms with Crippen LogP contribution in [0.3, 0.4) is 0 Å². The molecule has 0 aromatic carbocycles. The van der Waals surface area contributed by atoms with Gasteiger partial charge in [0, 0.05) is 13.6 Å². The summed E-state index contributed by atoms with van der Waals surface area (Å²) in [5.74, 6) is -0.944. The number of hydrogen-bond donors (Lipinski definition) is 1. The predicted octanol–water partition coefficient (Wildman–Crippen LogP) is 1.39. The van der Waals surface area contributed by atoms with E-state index in [1.807, 2.05) is 0 Å². The normalized spacial score (nSPS) is 10.7. The molecule has 15 heavy (non-hydrogen) atoms. The van der Waals surface area contributed by atoms with Crippen molar-refractivity contribution in [3.63, 3.8) is 0 Å². The molecule has 0 aliphatic rings. The molecule has 0 saturated heterocycles. The molecular formula is C7H9F2N3O2S. The summed E-state index contributed by atoms with van der Waals surface area (Å²) in [5, 5.41) is 15.2. The standard InChI is InChI=1S/C7H9F2N3O2S/c1-12(3-2-4(13)14)7-11-10-6(15-7)5(8)9/h5H,2-3H2,1H3,(H,13,14). The first-order valence-corrected chi connectivity index (χ1v) is 4.87. The lowest BCUT2D eigenvalue weighted by Crippen LogP contribution is -2.20. The summed E-state index contributed by atoms with van der Waals surface area (Å²) >= 11 is 0.762. The van der Waals surface area contributed by atoms with Crippen molar-refractivity contribution in [1.82, 2.24) is 10.2 Å². The Morgan fingerprint density at radius 1 is 1.60 bits per heavy atom. The summed E-state index contributed by atoms with van der Waals surface area (Å²) < 4.78 is 24.3. The Morgan fingerprint density at radius 3 is 2.73 bits per heavy atom. The molecule has 84 valence electrons. The molecule has 0 aliphatic heterocycles. The fourth-order valence-electron chi connectivity index (χ4n) is 0.828. The van der Waals surface area contributed by atoms with Crippen LogP contribution in [-0.4, -0.2) is 34.9 Å². The van der Waals surface area contributed by atoms with E-state index in [2.05, 4.69) is 10.2 Å². The minimum Gasteiger partial charge on any atom is -0.481 e. The van der Waals surface area contributed by atoms with Crippen LogP contribution in [0.1, 0.15) is 17.9 Å². The quantitative estimate of drug-likeness (QED) is 0.838. The van der Waals surface area contributed by atoms with Crippen LogP contribution in [0.15, 0.2) is 0 Å². The molecule has 0 aliphatic carbocycles. The number of halogens is 2. The van der Waals surface area contributed by atoms with Crippen molar-refractivity contribution in [3.05, 3.63) is 5.01 Å². The van der Waals surface area contributed by atoms with Gasteiger partial charge in [0.05, 0.1) is 6.42 Å². The van der Waals surface area contributed by atoms with Crippen molar-refractivity contribution in [2.24, 2.45) is 0 Å². The van der Waals surface area contributed by atoms with Gasteiger partial charge in [-0.25, -0.2) is 8.78 Å². The van der Waals surface area contributed by atoms with Crippen molar-refractivity contribution in [3.8, 4) is 0 Å². The van der Waals surface area contributed by atoms with E-state index in [-0.39, 0.29) is 18.0 Å². The van der Waals surface area contributed by atoms with Gasteiger partial charge in [0.2, 0.25) is 5.13 Å². The number of carboxylic acid groups (broad SMARTS) is 1. The van der Waals surface area contributed by atoms with Crippen LogP contribution in [0.25, 0.3) is 0 Å². The molecule has 8 heteroatoms. The largest absolute Gasteiger partial charge is 0.481 e. The summed E-state index contributed by atoms with van der Waals surface area (Å²) in [4.78, 5) is 11.8. The second kappa shape index (κ2) is 4.96. The number of aromatic nitrogens is 2. The Balaban J connectivity index is 2.57.